The number of esters is 1. The molecule has 8 rings (SSSR count). The van der Waals surface area contributed by atoms with Gasteiger partial charge in [-0.25, -0.2) is 9.78 Å². The van der Waals surface area contributed by atoms with Gasteiger partial charge in [0.1, 0.15) is 11.4 Å². The second-order valence-electron chi connectivity index (χ2n) is 13.2. The first-order valence-electron chi connectivity index (χ1n) is 16.2. The highest BCUT2D eigenvalue weighted by atomic mass is 16.5. The average Bonchev–Trinajstić information content (AvgIpc) is 3.04. The number of nitrogens with zero attached hydrogens (tertiary/aromatic N) is 3. The Bertz CT molecular complexity index is 1990. The number of ether oxygens (including phenoxy) is 3. The molecule has 47 heavy (non-hydrogen) atoms. The van der Waals surface area contributed by atoms with Gasteiger partial charge < -0.3 is 30.2 Å². The number of hydrogen-bond donors (Lipinski definition) is 2. The SMILES string of the molecule is CCOC(=O)c1cn(C23CC4CC(CC(C4)C2)C3)c2cc(C#Cc3cccc(OC)c3OC)cc(Cc3cnc(N)nc3N)c2c1=O. The summed E-state index contributed by atoms with van der Waals surface area (Å²) in [7, 11) is 3.17. The molecule has 0 aliphatic heterocycles. The number of rotatable bonds is 7. The summed E-state index contributed by atoms with van der Waals surface area (Å²) < 4.78 is 18.8. The third kappa shape index (κ3) is 5.43. The zero-order valence-corrected chi connectivity index (χ0v) is 27.0. The van der Waals surface area contributed by atoms with E-state index in [1.54, 1.807) is 33.5 Å². The van der Waals surface area contributed by atoms with Crippen molar-refractivity contribution in [3.63, 3.8) is 0 Å². The standard InChI is InChI=1S/C37H39N5O5/c1-4-47-35(44)28-20-42(37-16-22-10-23(17-37)12-24(11-22)18-37)29-14-21(8-9-25-6-5-7-30(45-2)33(25)46-3)13-26(31(29)32(28)43)15-27-19-40-36(39)41-34(27)38/h5-7,13-14,19-20,22-24H,4,10-12,15-18H2,1-3H3,(H4,38,39,40,41). The van der Waals surface area contributed by atoms with Crippen molar-refractivity contribution in [1.82, 2.24) is 14.5 Å². The molecule has 4 N–H and O–H groups in total. The minimum atomic E-state index is -0.617. The first-order chi connectivity index (χ1) is 22.7. The fourth-order valence-electron chi connectivity index (χ4n) is 8.75. The summed E-state index contributed by atoms with van der Waals surface area (Å²) in [5.74, 6) is 9.30. The average molecular weight is 634 g/mol. The maximum atomic E-state index is 14.4. The van der Waals surface area contributed by atoms with E-state index in [4.69, 9.17) is 25.7 Å². The van der Waals surface area contributed by atoms with Crippen LogP contribution in [-0.4, -0.2) is 41.3 Å². The van der Waals surface area contributed by atoms with Crippen LogP contribution in [0.2, 0.25) is 0 Å². The van der Waals surface area contributed by atoms with Crippen LogP contribution in [0.25, 0.3) is 10.9 Å². The van der Waals surface area contributed by atoms with Crippen LogP contribution < -0.4 is 26.4 Å². The third-order valence-electron chi connectivity index (χ3n) is 10.2. The summed E-state index contributed by atoms with van der Waals surface area (Å²) in [6.07, 6.45) is 10.4. The predicted molar refractivity (Wildman–Crippen MR) is 179 cm³/mol. The fraction of sp³-hybridized carbons (Fsp3) is 0.405. The van der Waals surface area contributed by atoms with Gasteiger partial charge >= 0.3 is 5.97 Å². The predicted octanol–water partition coefficient (Wildman–Crippen LogP) is 5.07. The molecule has 0 atom stereocenters. The Kier molecular flexibility index (Phi) is 7.79. The van der Waals surface area contributed by atoms with Crippen LogP contribution in [0.1, 0.15) is 78.1 Å². The monoisotopic (exact) mass is 633 g/mol. The lowest BCUT2D eigenvalue weighted by Crippen LogP contribution is -2.52. The van der Waals surface area contributed by atoms with Gasteiger partial charge in [0.15, 0.2) is 11.5 Å². The molecule has 0 saturated heterocycles. The van der Waals surface area contributed by atoms with Crippen LogP contribution in [0.15, 0.2) is 47.5 Å². The van der Waals surface area contributed by atoms with E-state index in [-0.39, 0.29) is 41.3 Å². The molecule has 2 heterocycles. The molecule has 0 amide bonds. The lowest BCUT2D eigenvalue weighted by atomic mass is 9.53. The minimum Gasteiger partial charge on any atom is -0.493 e. The van der Waals surface area contributed by atoms with Crippen LogP contribution in [0, 0.1) is 29.6 Å². The molecule has 10 nitrogen and oxygen atoms in total. The van der Waals surface area contributed by atoms with E-state index in [9.17, 15) is 9.59 Å². The molecule has 242 valence electrons. The second kappa shape index (κ2) is 12.0. The zero-order chi connectivity index (χ0) is 32.9. The van der Waals surface area contributed by atoms with E-state index in [0.29, 0.717) is 56.9 Å². The van der Waals surface area contributed by atoms with Gasteiger partial charge in [-0.1, -0.05) is 17.9 Å². The van der Waals surface area contributed by atoms with E-state index >= 15 is 0 Å². The van der Waals surface area contributed by atoms with Crippen LogP contribution in [0.4, 0.5) is 11.8 Å². The quantitative estimate of drug-likeness (QED) is 0.211. The lowest BCUT2D eigenvalue weighted by molar-refractivity contribution is -0.0411. The maximum absolute atomic E-state index is 14.4. The third-order valence-corrected chi connectivity index (χ3v) is 10.2. The minimum absolute atomic E-state index is 0.0397. The van der Waals surface area contributed by atoms with Crippen molar-refractivity contribution in [2.24, 2.45) is 17.8 Å². The van der Waals surface area contributed by atoms with E-state index in [0.717, 1.165) is 24.8 Å². The molecule has 4 bridgehead atoms. The number of nitrogen functional groups attached to an aromatic ring is 2. The smallest absolute Gasteiger partial charge is 0.343 e. The molecule has 2 aromatic heterocycles. The highest BCUT2D eigenvalue weighted by Gasteiger charge is 2.52. The van der Waals surface area contributed by atoms with E-state index < -0.39 is 5.97 Å². The van der Waals surface area contributed by atoms with Crippen molar-refractivity contribution in [3.8, 4) is 23.3 Å². The Hall–Kier alpha value is -5.04. The highest BCUT2D eigenvalue weighted by Crippen LogP contribution is 2.59. The molecule has 4 fully saturated rings. The van der Waals surface area contributed by atoms with Gasteiger partial charge in [0, 0.05) is 35.5 Å². The number of methoxy groups -OCH3 is 2. The molecular formula is C37H39N5O5. The largest absolute Gasteiger partial charge is 0.493 e. The number of hydrogen-bond acceptors (Lipinski definition) is 9. The number of pyridine rings is 1. The molecule has 0 unspecified atom stereocenters. The van der Waals surface area contributed by atoms with Crippen molar-refractivity contribution in [1.29, 1.82) is 0 Å². The molecule has 4 aliphatic carbocycles. The zero-order valence-electron chi connectivity index (χ0n) is 27.0. The lowest BCUT2D eigenvalue weighted by Gasteiger charge is -2.58. The molecular weight excluding hydrogens is 594 g/mol. The number of benzene rings is 2. The molecule has 0 radical (unpaired) electrons. The second-order valence-corrected chi connectivity index (χ2v) is 13.2. The Morgan fingerprint density at radius 2 is 1.74 bits per heavy atom. The molecule has 4 aromatic rings. The first kappa shape index (κ1) is 30.6. The van der Waals surface area contributed by atoms with Gasteiger partial charge in [-0.3, -0.25) is 4.79 Å². The number of fused-ring (bicyclic) bond motifs is 1. The molecule has 4 aliphatic rings. The van der Waals surface area contributed by atoms with Gasteiger partial charge in [-0.15, -0.1) is 0 Å². The number of anilines is 2. The molecule has 4 saturated carbocycles. The Morgan fingerprint density at radius 1 is 1.02 bits per heavy atom. The highest BCUT2D eigenvalue weighted by molar-refractivity contribution is 5.95. The normalized spacial score (nSPS) is 22.5. The Morgan fingerprint density at radius 3 is 2.38 bits per heavy atom. The fourth-order valence-corrected chi connectivity index (χ4v) is 8.75. The molecule has 2 aromatic carbocycles. The van der Waals surface area contributed by atoms with Gasteiger partial charge in [0.2, 0.25) is 11.4 Å². The van der Waals surface area contributed by atoms with Crippen molar-refractivity contribution in [3.05, 3.63) is 80.8 Å². The summed E-state index contributed by atoms with van der Waals surface area (Å²) in [4.78, 5) is 36.0. The van der Waals surface area contributed by atoms with Crippen LogP contribution in [0.3, 0.4) is 0 Å². The number of aromatic nitrogens is 3. The summed E-state index contributed by atoms with van der Waals surface area (Å²) in [6, 6.07) is 9.43. The summed E-state index contributed by atoms with van der Waals surface area (Å²) >= 11 is 0. The van der Waals surface area contributed by atoms with Gasteiger partial charge in [-0.2, -0.15) is 4.98 Å². The topological polar surface area (TPSA) is 145 Å². The first-order valence-corrected chi connectivity index (χ1v) is 16.2. The summed E-state index contributed by atoms with van der Waals surface area (Å²) in [5, 5.41) is 0.451. The van der Waals surface area contributed by atoms with E-state index in [1.807, 2.05) is 30.3 Å². The molecule has 10 heteroatoms. The van der Waals surface area contributed by atoms with Gasteiger partial charge in [0.25, 0.3) is 0 Å². The Balaban J connectivity index is 1.49. The van der Waals surface area contributed by atoms with Gasteiger partial charge in [-0.05, 0) is 93.0 Å². The number of nitrogens with two attached hydrogens (primary N) is 2. The summed E-state index contributed by atoms with van der Waals surface area (Å²) in [5.41, 5.74) is 14.9. The van der Waals surface area contributed by atoms with E-state index in [1.165, 1.54) is 19.3 Å². The van der Waals surface area contributed by atoms with Crippen LogP contribution in [-0.2, 0) is 16.7 Å². The summed E-state index contributed by atoms with van der Waals surface area (Å²) in [6.45, 7) is 1.91. The van der Waals surface area contributed by atoms with Crippen LogP contribution in [0.5, 0.6) is 11.5 Å². The van der Waals surface area contributed by atoms with E-state index in [2.05, 4.69) is 26.4 Å². The maximum Gasteiger partial charge on any atom is 0.343 e. The van der Waals surface area contributed by atoms with Crippen molar-refractivity contribution >= 4 is 28.6 Å². The Labute approximate surface area is 273 Å². The number of carbonyl (C=O) groups excluding carboxylic acids is 1. The van der Waals surface area contributed by atoms with Crippen molar-refractivity contribution in [2.75, 3.05) is 32.3 Å². The van der Waals surface area contributed by atoms with Gasteiger partial charge in [0.05, 0.1) is 37.3 Å². The van der Waals surface area contributed by atoms with Crippen LogP contribution >= 0.6 is 0 Å². The number of para-hydroxylation sites is 1. The molecule has 0 spiro atoms. The number of carbonyl (C=O) groups is 1. The van der Waals surface area contributed by atoms with Crippen molar-refractivity contribution in [2.45, 2.75) is 57.4 Å². The van der Waals surface area contributed by atoms with Crippen molar-refractivity contribution < 1.29 is 19.0 Å².